The first-order valence-electron chi connectivity index (χ1n) is 10.9. The largest absolute Gasteiger partial charge is 0.507 e. The van der Waals surface area contributed by atoms with Crippen LogP contribution in [0.5, 0.6) is 11.5 Å². The van der Waals surface area contributed by atoms with Gasteiger partial charge in [-0.2, -0.15) is 10.1 Å². The lowest BCUT2D eigenvalue weighted by atomic mass is 10.2. The van der Waals surface area contributed by atoms with Crippen molar-refractivity contribution in [1.82, 2.24) is 18.7 Å². The summed E-state index contributed by atoms with van der Waals surface area (Å²) < 4.78 is 9.44. The molecular formula is C24H26N6O5. The number of imidazole rings is 1. The summed E-state index contributed by atoms with van der Waals surface area (Å²) in [5.41, 5.74) is 3.34. The Balaban J connectivity index is 1.68. The van der Waals surface area contributed by atoms with Crippen molar-refractivity contribution in [2.45, 2.75) is 19.6 Å². The van der Waals surface area contributed by atoms with Gasteiger partial charge in [-0.15, -0.1) is 0 Å². The first-order valence-corrected chi connectivity index (χ1v) is 10.9. The van der Waals surface area contributed by atoms with Gasteiger partial charge in [0, 0.05) is 19.7 Å². The summed E-state index contributed by atoms with van der Waals surface area (Å²) in [5, 5.41) is 24.8. The van der Waals surface area contributed by atoms with Gasteiger partial charge in [0.25, 0.3) is 5.56 Å². The van der Waals surface area contributed by atoms with Gasteiger partial charge in [0.1, 0.15) is 24.2 Å². The van der Waals surface area contributed by atoms with Crippen molar-refractivity contribution < 1.29 is 14.9 Å². The fraction of sp³-hybridized carbons (Fsp3) is 0.250. The van der Waals surface area contributed by atoms with Crippen LogP contribution in [0.2, 0.25) is 0 Å². The van der Waals surface area contributed by atoms with Crippen LogP contribution in [0.4, 0.5) is 5.95 Å². The monoisotopic (exact) mass is 478 g/mol. The Labute approximate surface area is 200 Å². The third kappa shape index (κ3) is 4.80. The molecule has 0 aliphatic heterocycles. The molecule has 0 spiro atoms. The summed E-state index contributed by atoms with van der Waals surface area (Å²) in [7, 11) is 2.89. The van der Waals surface area contributed by atoms with Crippen LogP contribution in [-0.2, 0) is 20.6 Å². The van der Waals surface area contributed by atoms with Gasteiger partial charge in [0.15, 0.2) is 11.2 Å². The van der Waals surface area contributed by atoms with Crippen LogP contribution in [-0.4, -0.2) is 47.8 Å². The maximum absolute atomic E-state index is 13.0. The molecule has 4 rings (SSSR count). The summed E-state index contributed by atoms with van der Waals surface area (Å²) in [4.78, 5) is 29.7. The minimum atomic E-state index is -1.00. The lowest BCUT2D eigenvalue weighted by Gasteiger charge is -2.16. The van der Waals surface area contributed by atoms with E-state index in [4.69, 9.17) is 4.74 Å². The third-order valence-corrected chi connectivity index (χ3v) is 5.57. The zero-order valence-electron chi connectivity index (χ0n) is 19.5. The van der Waals surface area contributed by atoms with Crippen LogP contribution in [0.1, 0.15) is 11.1 Å². The van der Waals surface area contributed by atoms with Gasteiger partial charge in [-0.3, -0.25) is 13.9 Å². The van der Waals surface area contributed by atoms with E-state index in [1.807, 2.05) is 25.1 Å². The van der Waals surface area contributed by atoms with Crippen LogP contribution >= 0.6 is 0 Å². The average Bonchev–Trinajstić information content (AvgIpc) is 3.20. The molecule has 0 saturated heterocycles. The topological polar surface area (TPSA) is 136 Å². The SMILES string of the molecule is Cc1ccccc1OC[C@H](O)Cn1c(N/N=C\c2ccccc2O)nc2c1c(=O)n(C)c(=O)n2C. The Hall–Kier alpha value is -4.38. The molecule has 2 heterocycles. The molecule has 0 aliphatic rings. The highest BCUT2D eigenvalue weighted by Gasteiger charge is 2.21. The van der Waals surface area contributed by atoms with Crippen LogP contribution in [0.25, 0.3) is 11.2 Å². The van der Waals surface area contributed by atoms with Gasteiger partial charge in [0.2, 0.25) is 5.95 Å². The first kappa shape index (κ1) is 23.8. The van der Waals surface area contributed by atoms with E-state index in [-0.39, 0.29) is 36.0 Å². The van der Waals surface area contributed by atoms with Gasteiger partial charge in [-0.05, 0) is 30.7 Å². The normalized spacial score (nSPS) is 12.3. The molecule has 0 radical (unpaired) electrons. The fourth-order valence-electron chi connectivity index (χ4n) is 3.63. The summed E-state index contributed by atoms with van der Waals surface area (Å²) in [5.74, 6) is 0.831. The van der Waals surface area contributed by atoms with E-state index >= 15 is 0 Å². The van der Waals surface area contributed by atoms with Crippen LogP contribution in [0, 0.1) is 6.92 Å². The number of phenols is 1. The number of hydrogen-bond donors (Lipinski definition) is 3. The minimum absolute atomic E-state index is 0.0306. The van der Waals surface area contributed by atoms with Crippen molar-refractivity contribution >= 4 is 23.3 Å². The second-order valence-electron chi connectivity index (χ2n) is 8.08. The van der Waals surface area contributed by atoms with E-state index in [9.17, 15) is 19.8 Å². The quantitative estimate of drug-likeness (QED) is 0.257. The van der Waals surface area contributed by atoms with E-state index in [1.54, 1.807) is 24.3 Å². The summed E-state index contributed by atoms with van der Waals surface area (Å²) in [6, 6.07) is 14.1. The standard InChI is InChI=1S/C24H26N6O5/c1-15-8-4-7-11-19(15)35-14-17(31)13-30-20-21(28(2)24(34)29(3)22(20)33)26-23(30)27-25-12-16-9-5-6-10-18(16)32/h4-12,17,31-32H,13-14H2,1-3H3,(H,26,27)/b25-12-/t17-/m1/s1. The van der Waals surface area contributed by atoms with E-state index in [2.05, 4.69) is 15.5 Å². The van der Waals surface area contributed by atoms with Crippen molar-refractivity contribution in [3.63, 3.8) is 0 Å². The number of nitrogens with one attached hydrogen (secondary N) is 1. The van der Waals surface area contributed by atoms with Gasteiger partial charge < -0.3 is 19.5 Å². The Morgan fingerprint density at radius 1 is 1.11 bits per heavy atom. The number of para-hydroxylation sites is 2. The molecule has 11 nitrogen and oxygen atoms in total. The van der Waals surface area contributed by atoms with Gasteiger partial charge in [-0.25, -0.2) is 10.2 Å². The minimum Gasteiger partial charge on any atom is -0.507 e. The van der Waals surface area contributed by atoms with Crippen LogP contribution in [0.15, 0.2) is 63.2 Å². The molecule has 4 aromatic rings. The molecule has 0 saturated carbocycles. The lowest BCUT2D eigenvalue weighted by Crippen LogP contribution is -2.38. The summed E-state index contributed by atoms with van der Waals surface area (Å²) in [6.45, 7) is 1.82. The van der Waals surface area contributed by atoms with Crippen LogP contribution in [0.3, 0.4) is 0 Å². The van der Waals surface area contributed by atoms with Crippen molar-refractivity contribution in [2.75, 3.05) is 12.0 Å². The van der Waals surface area contributed by atoms with Gasteiger partial charge in [0.05, 0.1) is 12.8 Å². The number of aliphatic hydroxyl groups is 1. The lowest BCUT2D eigenvalue weighted by molar-refractivity contribution is 0.0935. The highest BCUT2D eigenvalue weighted by molar-refractivity contribution is 5.83. The van der Waals surface area contributed by atoms with E-state index in [1.165, 1.54) is 35.5 Å². The molecule has 2 aromatic heterocycles. The number of hydrogen-bond acceptors (Lipinski definition) is 8. The van der Waals surface area contributed by atoms with Crippen molar-refractivity contribution in [3.05, 3.63) is 80.5 Å². The number of benzene rings is 2. The number of hydrazone groups is 1. The molecule has 11 heteroatoms. The summed E-state index contributed by atoms with van der Waals surface area (Å²) in [6.07, 6.45) is 0.394. The Morgan fingerprint density at radius 2 is 1.83 bits per heavy atom. The second-order valence-corrected chi connectivity index (χ2v) is 8.08. The van der Waals surface area contributed by atoms with Crippen molar-refractivity contribution in [2.24, 2.45) is 19.2 Å². The van der Waals surface area contributed by atoms with Gasteiger partial charge >= 0.3 is 5.69 Å². The molecule has 182 valence electrons. The Morgan fingerprint density at radius 3 is 2.57 bits per heavy atom. The number of rotatable bonds is 8. The highest BCUT2D eigenvalue weighted by Crippen LogP contribution is 2.19. The number of aliphatic hydroxyl groups excluding tert-OH is 1. The molecule has 0 unspecified atom stereocenters. The van der Waals surface area contributed by atoms with Gasteiger partial charge in [-0.1, -0.05) is 30.3 Å². The average molecular weight is 479 g/mol. The molecule has 2 aromatic carbocycles. The van der Waals surface area contributed by atoms with Crippen LogP contribution < -0.4 is 21.4 Å². The van der Waals surface area contributed by atoms with Crippen molar-refractivity contribution in [3.8, 4) is 11.5 Å². The Kier molecular flexibility index (Phi) is 6.69. The predicted octanol–water partition coefficient (Wildman–Crippen LogP) is 1.33. The number of fused-ring (bicyclic) bond motifs is 1. The number of aryl methyl sites for hydroxylation is 2. The number of nitrogens with zero attached hydrogens (tertiary/aromatic N) is 5. The number of phenolic OH excluding ortho intramolecular Hbond substituents is 1. The number of aromatic nitrogens is 4. The molecule has 0 bridgehead atoms. The molecule has 0 fully saturated rings. The maximum atomic E-state index is 13.0. The number of ether oxygens (including phenoxy) is 1. The Bertz CT molecular complexity index is 1520. The molecule has 35 heavy (non-hydrogen) atoms. The smallest absolute Gasteiger partial charge is 0.332 e. The fourth-order valence-corrected chi connectivity index (χ4v) is 3.63. The summed E-state index contributed by atoms with van der Waals surface area (Å²) >= 11 is 0. The number of anilines is 1. The maximum Gasteiger partial charge on any atom is 0.332 e. The zero-order valence-corrected chi connectivity index (χ0v) is 19.5. The van der Waals surface area contributed by atoms with E-state index in [0.717, 1.165) is 10.1 Å². The van der Waals surface area contributed by atoms with Crippen molar-refractivity contribution in [1.29, 1.82) is 0 Å². The second kappa shape index (κ2) is 9.85. The predicted molar refractivity (Wildman–Crippen MR) is 132 cm³/mol. The third-order valence-electron chi connectivity index (χ3n) is 5.57. The molecule has 0 amide bonds. The number of aromatic hydroxyl groups is 1. The molecule has 1 atom stereocenters. The van der Waals surface area contributed by atoms with E-state index in [0.29, 0.717) is 11.3 Å². The van der Waals surface area contributed by atoms with E-state index < -0.39 is 17.4 Å². The molecule has 3 N–H and O–H groups in total. The molecular weight excluding hydrogens is 452 g/mol. The zero-order chi connectivity index (χ0) is 25.1. The first-order chi connectivity index (χ1) is 16.8. The highest BCUT2D eigenvalue weighted by atomic mass is 16.5. The molecule has 0 aliphatic carbocycles.